The van der Waals surface area contributed by atoms with Gasteiger partial charge in [0, 0.05) is 58.3 Å². The molecule has 3 fully saturated rings. The van der Waals surface area contributed by atoms with E-state index in [1.165, 1.54) is 17.5 Å². The normalized spacial score (nSPS) is 28.7. The van der Waals surface area contributed by atoms with Crippen molar-refractivity contribution in [2.24, 2.45) is 11.8 Å². The zero-order valence-corrected chi connectivity index (χ0v) is 18.6. The van der Waals surface area contributed by atoms with Crippen molar-refractivity contribution in [2.75, 3.05) is 45.8 Å². The molecule has 3 saturated heterocycles. The van der Waals surface area contributed by atoms with Gasteiger partial charge in [-0.05, 0) is 55.1 Å². The van der Waals surface area contributed by atoms with Crippen LogP contribution < -0.4 is 5.32 Å². The topological polar surface area (TPSA) is 55.9 Å². The molecular formula is C25H36N4O2. The van der Waals surface area contributed by atoms with E-state index in [2.05, 4.69) is 44.3 Å². The van der Waals surface area contributed by atoms with Gasteiger partial charge in [0.25, 0.3) is 0 Å². The molecule has 2 bridgehead atoms. The van der Waals surface area contributed by atoms with E-state index < -0.39 is 0 Å². The molecule has 2 amide bonds. The summed E-state index contributed by atoms with van der Waals surface area (Å²) in [6.07, 6.45) is 6.26. The number of carbonyl (C=O) groups is 2. The molecule has 1 N–H and O–H groups in total. The summed E-state index contributed by atoms with van der Waals surface area (Å²) in [7, 11) is 0. The number of fused-ring (bicyclic) bond motifs is 5. The molecule has 4 aliphatic heterocycles. The van der Waals surface area contributed by atoms with Gasteiger partial charge in [-0.15, -0.1) is 0 Å². The van der Waals surface area contributed by atoms with Crippen molar-refractivity contribution in [3.05, 3.63) is 35.4 Å². The lowest BCUT2D eigenvalue weighted by atomic mass is 9.76. The van der Waals surface area contributed by atoms with Gasteiger partial charge in [0.1, 0.15) is 0 Å². The number of benzene rings is 1. The molecule has 168 valence electrons. The number of piperidine rings is 3. The van der Waals surface area contributed by atoms with Crippen LogP contribution in [0.3, 0.4) is 0 Å². The van der Waals surface area contributed by atoms with E-state index in [9.17, 15) is 9.59 Å². The molecule has 1 aromatic rings. The monoisotopic (exact) mass is 424 g/mol. The van der Waals surface area contributed by atoms with Crippen LogP contribution in [0, 0.1) is 11.8 Å². The van der Waals surface area contributed by atoms with Crippen LogP contribution in [0.15, 0.2) is 24.3 Å². The third-order valence-electron chi connectivity index (χ3n) is 7.81. The average Bonchev–Trinajstić information content (AvgIpc) is 2.77. The first-order chi connectivity index (χ1) is 15.2. The summed E-state index contributed by atoms with van der Waals surface area (Å²) in [5, 5.41) is 3.15. The van der Waals surface area contributed by atoms with E-state index in [0.29, 0.717) is 30.3 Å². The van der Waals surface area contributed by atoms with Crippen LogP contribution in [0.25, 0.3) is 0 Å². The van der Waals surface area contributed by atoms with Crippen LogP contribution in [0.5, 0.6) is 0 Å². The Hall–Kier alpha value is -1.92. The lowest BCUT2D eigenvalue weighted by molar-refractivity contribution is -0.145. The number of amides is 2. The minimum absolute atomic E-state index is 0.153. The summed E-state index contributed by atoms with van der Waals surface area (Å²) in [5.41, 5.74) is 2.94. The van der Waals surface area contributed by atoms with Crippen molar-refractivity contribution in [3.63, 3.8) is 0 Å². The van der Waals surface area contributed by atoms with Gasteiger partial charge in [-0.1, -0.05) is 24.3 Å². The Morgan fingerprint density at radius 2 is 1.94 bits per heavy atom. The van der Waals surface area contributed by atoms with Crippen molar-refractivity contribution in [1.82, 2.24) is 20.0 Å². The molecule has 0 spiro atoms. The second-order valence-electron chi connectivity index (χ2n) is 10.1. The van der Waals surface area contributed by atoms with Gasteiger partial charge in [-0.3, -0.25) is 19.4 Å². The van der Waals surface area contributed by atoms with Gasteiger partial charge in [-0.25, -0.2) is 0 Å². The second kappa shape index (κ2) is 9.29. The van der Waals surface area contributed by atoms with Crippen LogP contribution in [-0.2, 0) is 22.6 Å². The number of nitrogens with one attached hydrogen (secondary N) is 1. The second-order valence-corrected chi connectivity index (χ2v) is 10.1. The molecule has 4 heterocycles. The highest BCUT2D eigenvalue weighted by molar-refractivity contribution is 5.78. The Labute approximate surface area is 185 Å². The van der Waals surface area contributed by atoms with E-state index >= 15 is 0 Å². The zero-order chi connectivity index (χ0) is 21.2. The first-order valence-corrected chi connectivity index (χ1v) is 12.2. The van der Waals surface area contributed by atoms with Crippen LogP contribution in [0.2, 0.25) is 0 Å². The van der Waals surface area contributed by atoms with Crippen LogP contribution in [0.4, 0.5) is 0 Å². The third kappa shape index (κ3) is 4.80. The molecule has 3 atom stereocenters. The van der Waals surface area contributed by atoms with E-state index in [1.54, 1.807) is 0 Å². The van der Waals surface area contributed by atoms with Crippen molar-refractivity contribution in [2.45, 2.75) is 51.1 Å². The molecule has 5 rings (SSSR count). The highest BCUT2D eigenvalue weighted by atomic mass is 16.2. The summed E-state index contributed by atoms with van der Waals surface area (Å²) in [4.78, 5) is 31.8. The predicted molar refractivity (Wildman–Crippen MR) is 120 cm³/mol. The number of nitrogens with zero attached hydrogens (tertiary/aromatic N) is 3. The Bertz CT molecular complexity index is 812. The SMILES string of the molecule is O=C(CN1CC2CC(C1)[C@H]1CCCC(=O)N1C2)NCCCN1CCc2ccccc2C1. The molecule has 2 unspecified atom stereocenters. The summed E-state index contributed by atoms with van der Waals surface area (Å²) in [6, 6.07) is 9.15. The fraction of sp³-hybridized carbons (Fsp3) is 0.680. The zero-order valence-electron chi connectivity index (χ0n) is 18.6. The van der Waals surface area contributed by atoms with Gasteiger partial charge in [-0.2, -0.15) is 0 Å². The number of rotatable bonds is 6. The Kier molecular flexibility index (Phi) is 6.28. The van der Waals surface area contributed by atoms with Crippen molar-refractivity contribution < 1.29 is 9.59 Å². The fourth-order valence-electron chi connectivity index (χ4n) is 6.38. The van der Waals surface area contributed by atoms with Crippen molar-refractivity contribution in [3.8, 4) is 0 Å². The molecule has 0 aliphatic carbocycles. The lowest BCUT2D eigenvalue weighted by Crippen LogP contribution is -2.61. The highest BCUT2D eigenvalue weighted by Gasteiger charge is 2.44. The maximum Gasteiger partial charge on any atom is 0.234 e. The Morgan fingerprint density at radius 3 is 2.84 bits per heavy atom. The van der Waals surface area contributed by atoms with Gasteiger partial charge in [0.15, 0.2) is 0 Å². The molecule has 31 heavy (non-hydrogen) atoms. The third-order valence-corrected chi connectivity index (χ3v) is 7.81. The maximum atomic E-state index is 12.5. The van der Waals surface area contributed by atoms with Crippen molar-refractivity contribution in [1.29, 1.82) is 0 Å². The van der Waals surface area contributed by atoms with E-state index in [4.69, 9.17) is 0 Å². The van der Waals surface area contributed by atoms with Crippen LogP contribution in [-0.4, -0.2) is 78.4 Å². The molecular weight excluding hydrogens is 388 g/mol. The minimum atomic E-state index is 0.153. The number of hydrogen-bond acceptors (Lipinski definition) is 4. The lowest BCUT2D eigenvalue weighted by Gasteiger charge is -2.52. The standard InChI is InChI=1S/C25H36N4O2/c30-24(26-10-4-11-27-12-9-20-5-1-2-6-21(20)16-27)18-28-14-19-13-22(17-28)23-7-3-8-25(31)29(23)15-19/h1-2,5-6,19,22-23H,3-4,7-18H2,(H,26,30)/t19?,22?,23-/m1/s1. The Balaban J connectivity index is 1.03. The minimum Gasteiger partial charge on any atom is -0.355 e. The van der Waals surface area contributed by atoms with Crippen LogP contribution in [0.1, 0.15) is 43.2 Å². The summed E-state index contributed by atoms with van der Waals surface area (Å²) in [6.45, 7) is 7.25. The summed E-state index contributed by atoms with van der Waals surface area (Å²) >= 11 is 0. The van der Waals surface area contributed by atoms with Gasteiger partial charge in [0.2, 0.25) is 11.8 Å². The fourth-order valence-corrected chi connectivity index (χ4v) is 6.38. The van der Waals surface area contributed by atoms with E-state index in [0.717, 1.165) is 77.9 Å². The van der Waals surface area contributed by atoms with Gasteiger partial charge < -0.3 is 10.2 Å². The number of hydrogen-bond donors (Lipinski definition) is 1. The van der Waals surface area contributed by atoms with Crippen LogP contribution >= 0.6 is 0 Å². The predicted octanol–water partition coefficient (Wildman–Crippen LogP) is 1.88. The van der Waals surface area contributed by atoms with Gasteiger partial charge in [0.05, 0.1) is 6.54 Å². The van der Waals surface area contributed by atoms with E-state index in [-0.39, 0.29) is 5.91 Å². The van der Waals surface area contributed by atoms with E-state index in [1.807, 2.05) is 0 Å². The quantitative estimate of drug-likeness (QED) is 0.709. The molecule has 0 saturated carbocycles. The smallest absolute Gasteiger partial charge is 0.234 e. The largest absolute Gasteiger partial charge is 0.355 e. The summed E-state index contributed by atoms with van der Waals surface area (Å²) < 4.78 is 0. The number of likely N-dealkylation sites (tertiary alicyclic amines) is 1. The molecule has 0 aromatic heterocycles. The van der Waals surface area contributed by atoms with Crippen molar-refractivity contribution >= 4 is 11.8 Å². The van der Waals surface area contributed by atoms with Gasteiger partial charge >= 0.3 is 0 Å². The molecule has 0 radical (unpaired) electrons. The maximum absolute atomic E-state index is 12.5. The average molecular weight is 425 g/mol. The summed E-state index contributed by atoms with van der Waals surface area (Å²) in [5.74, 6) is 1.59. The highest BCUT2D eigenvalue weighted by Crippen LogP contribution is 2.37. The number of carbonyl (C=O) groups excluding carboxylic acids is 2. The molecule has 1 aromatic carbocycles. The first kappa shape index (κ1) is 21.0. The Morgan fingerprint density at radius 1 is 1.06 bits per heavy atom. The molecule has 6 nitrogen and oxygen atoms in total. The molecule has 6 heteroatoms. The first-order valence-electron chi connectivity index (χ1n) is 12.2. The molecule has 4 aliphatic rings.